The fraction of sp³-hybridized carbons (Fsp3) is 0.318. The molecule has 0 unspecified atom stereocenters. The lowest BCUT2D eigenvalue weighted by Crippen LogP contribution is -2.43. The average Bonchev–Trinajstić information content (AvgIpc) is 3.28. The molecule has 28 heavy (non-hydrogen) atoms. The molecular weight excluding hydrogens is 370 g/mol. The standard InChI is InChI=1S/C22H21N3O2S/c26-20(18-8-4-12-25(18)22(27)14-10-11-14)23-16-6-3-5-15(13-16)21-24-17-7-1-2-9-19(17)28-21/h1-3,5-7,9,13-14,18H,4,8,10-12H2,(H,23,26)/t18-/m0/s1. The number of likely N-dealkylation sites (tertiary alicyclic amines) is 1. The number of nitrogens with zero attached hydrogens (tertiary/aromatic N) is 2. The van der Waals surface area contributed by atoms with Gasteiger partial charge in [-0.3, -0.25) is 9.59 Å². The van der Waals surface area contributed by atoms with Gasteiger partial charge in [0.15, 0.2) is 0 Å². The molecule has 6 heteroatoms. The Morgan fingerprint density at radius 3 is 2.75 bits per heavy atom. The number of carbonyl (C=O) groups is 2. The summed E-state index contributed by atoms with van der Waals surface area (Å²) in [6, 6.07) is 15.5. The minimum atomic E-state index is -0.348. The van der Waals surface area contributed by atoms with Crippen LogP contribution in [-0.2, 0) is 9.59 Å². The van der Waals surface area contributed by atoms with Crippen LogP contribution in [0.4, 0.5) is 5.69 Å². The smallest absolute Gasteiger partial charge is 0.247 e. The number of carbonyl (C=O) groups excluding carboxylic acids is 2. The lowest BCUT2D eigenvalue weighted by molar-refractivity contribution is -0.137. The van der Waals surface area contributed by atoms with Crippen molar-refractivity contribution in [2.45, 2.75) is 31.7 Å². The molecule has 0 spiro atoms. The van der Waals surface area contributed by atoms with Gasteiger partial charge in [0.25, 0.3) is 0 Å². The van der Waals surface area contributed by atoms with E-state index in [0.29, 0.717) is 6.54 Å². The first-order chi connectivity index (χ1) is 13.7. The largest absolute Gasteiger partial charge is 0.330 e. The van der Waals surface area contributed by atoms with Crippen LogP contribution in [0.2, 0.25) is 0 Å². The lowest BCUT2D eigenvalue weighted by Gasteiger charge is -2.24. The number of amides is 2. The van der Waals surface area contributed by atoms with Gasteiger partial charge in [0.05, 0.1) is 10.2 Å². The van der Waals surface area contributed by atoms with Gasteiger partial charge in [-0.15, -0.1) is 11.3 Å². The molecule has 1 aliphatic heterocycles. The van der Waals surface area contributed by atoms with Crippen LogP contribution in [0.5, 0.6) is 0 Å². The normalized spacial score (nSPS) is 19.1. The molecule has 3 aromatic rings. The van der Waals surface area contributed by atoms with E-state index in [1.165, 1.54) is 0 Å². The van der Waals surface area contributed by atoms with Crippen molar-refractivity contribution in [3.8, 4) is 10.6 Å². The highest BCUT2D eigenvalue weighted by Gasteiger charge is 2.40. The fourth-order valence-electron chi connectivity index (χ4n) is 3.82. The van der Waals surface area contributed by atoms with E-state index in [0.717, 1.165) is 52.2 Å². The number of thiazole rings is 1. The summed E-state index contributed by atoms with van der Waals surface area (Å²) in [6.07, 6.45) is 3.56. The first-order valence-corrected chi connectivity index (χ1v) is 10.6. The van der Waals surface area contributed by atoms with Gasteiger partial charge in [-0.2, -0.15) is 0 Å². The molecule has 5 rings (SSSR count). The number of fused-ring (bicyclic) bond motifs is 1. The van der Waals surface area contributed by atoms with Crippen LogP contribution in [0.3, 0.4) is 0 Å². The Balaban J connectivity index is 1.34. The monoisotopic (exact) mass is 391 g/mol. The number of hydrogen-bond donors (Lipinski definition) is 1. The Morgan fingerprint density at radius 1 is 1.07 bits per heavy atom. The summed E-state index contributed by atoms with van der Waals surface area (Å²) in [4.78, 5) is 31.8. The van der Waals surface area contributed by atoms with Gasteiger partial charge < -0.3 is 10.2 Å². The molecule has 2 aromatic carbocycles. The van der Waals surface area contributed by atoms with E-state index in [1.54, 1.807) is 16.2 Å². The highest BCUT2D eigenvalue weighted by Crippen LogP contribution is 2.34. The second-order valence-electron chi connectivity index (χ2n) is 7.52. The predicted molar refractivity (Wildman–Crippen MR) is 111 cm³/mol. The van der Waals surface area contributed by atoms with E-state index in [4.69, 9.17) is 4.98 Å². The van der Waals surface area contributed by atoms with Crippen LogP contribution in [0.25, 0.3) is 20.8 Å². The molecule has 1 saturated heterocycles. The van der Waals surface area contributed by atoms with Crippen molar-refractivity contribution in [1.82, 2.24) is 9.88 Å². The Bertz CT molecular complexity index is 1020. The molecule has 2 aliphatic rings. The zero-order chi connectivity index (χ0) is 19.1. The molecule has 2 amide bonds. The van der Waals surface area contributed by atoms with E-state index in [-0.39, 0.29) is 23.8 Å². The Kier molecular flexibility index (Phi) is 4.36. The van der Waals surface area contributed by atoms with E-state index < -0.39 is 0 Å². The maximum atomic E-state index is 12.8. The molecule has 142 valence electrons. The number of para-hydroxylation sites is 1. The summed E-state index contributed by atoms with van der Waals surface area (Å²) >= 11 is 1.64. The number of anilines is 1. The Labute approximate surface area is 167 Å². The van der Waals surface area contributed by atoms with Gasteiger partial charge in [-0.25, -0.2) is 4.98 Å². The molecule has 2 heterocycles. The maximum Gasteiger partial charge on any atom is 0.247 e. The predicted octanol–water partition coefficient (Wildman–Crippen LogP) is 4.30. The fourth-order valence-corrected chi connectivity index (χ4v) is 4.78. The number of rotatable bonds is 4. The summed E-state index contributed by atoms with van der Waals surface area (Å²) in [6.45, 7) is 0.694. The average molecular weight is 391 g/mol. The molecule has 1 N–H and O–H groups in total. The first-order valence-electron chi connectivity index (χ1n) is 9.76. The van der Waals surface area contributed by atoms with Crippen molar-refractivity contribution in [3.63, 3.8) is 0 Å². The molecule has 1 atom stereocenters. The Hall–Kier alpha value is -2.73. The summed E-state index contributed by atoms with van der Waals surface area (Å²) in [5.41, 5.74) is 2.71. The minimum absolute atomic E-state index is 0.0899. The highest BCUT2D eigenvalue weighted by molar-refractivity contribution is 7.21. The van der Waals surface area contributed by atoms with E-state index >= 15 is 0 Å². The third-order valence-corrected chi connectivity index (χ3v) is 6.52. The van der Waals surface area contributed by atoms with Gasteiger partial charge in [-0.05, 0) is 49.9 Å². The van der Waals surface area contributed by atoms with Crippen molar-refractivity contribution in [1.29, 1.82) is 0 Å². The zero-order valence-electron chi connectivity index (χ0n) is 15.4. The van der Waals surface area contributed by atoms with Gasteiger partial charge in [0, 0.05) is 23.7 Å². The van der Waals surface area contributed by atoms with E-state index in [1.807, 2.05) is 42.5 Å². The molecule has 1 aliphatic carbocycles. The van der Waals surface area contributed by atoms with Crippen LogP contribution >= 0.6 is 11.3 Å². The highest BCUT2D eigenvalue weighted by atomic mass is 32.1. The van der Waals surface area contributed by atoms with Crippen molar-refractivity contribution < 1.29 is 9.59 Å². The number of nitrogens with one attached hydrogen (secondary N) is 1. The molecular formula is C22H21N3O2S. The second kappa shape index (κ2) is 7.02. The topological polar surface area (TPSA) is 62.3 Å². The van der Waals surface area contributed by atoms with Crippen LogP contribution in [0.1, 0.15) is 25.7 Å². The molecule has 1 aromatic heterocycles. The number of benzene rings is 2. The van der Waals surface area contributed by atoms with Gasteiger partial charge >= 0.3 is 0 Å². The first kappa shape index (κ1) is 17.4. The van der Waals surface area contributed by atoms with Crippen molar-refractivity contribution in [3.05, 3.63) is 48.5 Å². The quantitative estimate of drug-likeness (QED) is 0.721. The van der Waals surface area contributed by atoms with Crippen LogP contribution < -0.4 is 5.32 Å². The van der Waals surface area contributed by atoms with Crippen molar-refractivity contribution in [2.24, 2.45) is 5.92 Å². The lowest BCUT2D eigenvalue weighted by atomic mass is 10.1. The van der Waals surface area contributed by atoms with Crippen LogP contribution in [0, 0.1) is 5.92 Å². The maximum absolute atomic E-state index is 12.8. The van der Waals surface area contributed by atoms with Gasteiger partial charge in [0.1, 0.15) is 11.0 Å². The van der Waals surface area contributed by atoms with E-state index in [9.17, 15) is 9.59 Å². The Morgan fingerprint density at radius 2 is 1.93 bits per heavy atom. The van der Waals surface area contributed by atoms with Crippen LogP contribution in [-0.4, -0.2) is 34.3 Å². The molecule has 0 bridgehead atoms. The summed E-state index contributed by atoms with van der Waals surface area (Å²) in [7, 11) is 0. The SMILES string of the molecule is O=C(Nc1cccc(-c2nc3ccccc3s2)c1)[C@@H]1CCCN1C(=O)C1CC1. The molecule has 5 nitrogen and oxygen atoms in total. The molecule has 1 saturated carbocycles. The third kappa shape index (κ3) is 3.29. The molecule has 0 radical (unpaired) electrons. The molecule has 2 fully saturated rings. The van der Waals surface area contributed by atoms with Crippen molar-refractivity contribution in [2.75, 3.05) is 11.9 Å². The van der Waals surface area contributed by atoms with Crippen molar-refractivity contribution >= 4 is 39.1 Å². The minimum Gasteiger partial charge on any atom is -0.330 e. The number of aromatic nitrogens is 1. The third-order valence-electron chi connectivity index (χ3n) is 5.44. The van der Waals surface area contributed by atoms with Crippen LogP contribution in [0.15, 0.2) is 48.5 Å². The summed E-state index contributed by atoms with van der Waals surface area (Å²) in [5.74, 6) is 0.213. The van der Waals surface area contributed by atoms with Gasteiger partial charge in [-0.1, -0.05) is 24.3 Å². The second-order valence-corrected chi connectivity index (χ2v) is 8.55. The van der Waals surface area contributed by atoms with Gasteiger partial charge in [0.2, 0.25) is 11.8 Å². The summed E-state index contributed by atoms with van der Waals surface area (Å²) in [5, 5.41) is 3.95. The van der Waals surface area contributed by atoms with E-state index in [2.05, 4.69) is 11.4 Å². The zero-order valence-corrected chi connectivity index (χ0v) is 16.2. The summed E-state index contributed by atoms with van der Waals surface area (Å²) < 4.78 is 1.15. The number of hydrogen-bond acceptors (Lipinski definition) is 4.